The Morgan fingerprint density at radius 3 is 3.00 bits per heavy atom. The number of rotatable bonds is 6. The van der Waals surface area contributed by atoms with Gasteiger partial charge in [0.25, 0.3) is 0 Å². The molecule has 3 rings (SSSR count). The summed E-state index contributed by atoms with van der Waals surface area (Å²) in [6, 6.07) is 2.40. The summed E-state index contributed by atoms with van der Waals surface area (Å²) < 4.78 is 14.6. The van der Waals surface area contributed by atoms with Crippen LogP contribution in [0.2, 0.25) is 0 Å². The minimum atomic E-state index is -0.127. The zero-order valence-corrected chi connectivity index (χ0v) is 12.2. The highest BCUT2D eigenvalue weighted by molar-refractivity contribution is 5.44. The number of nitrogens with one attached hydrogen (secondary N) is 1. The Bertz CT molecular complexity index is 459. The first-order chi connectivity index (χ1) is 9.78. The summed E-state index contributed by atoms with van der Waals surface area (Å²) in [5.41, 5.74) is 0.751. The Labute approximate surface area is 120 Å². The fourth-order valence-electron chi connectivity index (χ4n) is 3.04. The highest BCUT2D eigenvalue weighted by Crippen LogP contribution is 2.28. The molecule has 0 amide bonds. The normalized spacial score (nSPS) is 22.5. The van der Waals surface area contributed by atoms with Crippen LogP contribution in [-0.2, 0) is 6.54 Å². The first-order valence-electron chi connectivity index (χ1n) is 7.89. The molecule has 4 heteroatoms. The van der Waals surface area contributed by atoms with E-state index in [0.717, 1.165) is 18.7 Å². The molecular formula is C16H24FN3. The molecule has 1 aromatic rings. The summed E-state index contributed by atoms with van der Waals surface area (Å²) in [6.45, 7) is 4.73. The average molecular weight is 277 g/mol. The third kappa shape index (κ3) is 3.11. The molecule has 3 nitrogen and oxygen atoms in total. The standard InChI is InChI=1S/C16H24FN3/c1-2-3-12-7-9-20(11-12)16-15(17)13(6-8-18-16)10-19-14-4-5-14/h6,8,12,14,19H,2-5,7,9-11H2,1H3. The molecule has 1 unspecified atom stereocenters. The van der Waals surface area contributed by atoms with Crippen LogP contribution in [0.3, 0.4) is 0 Å². The van der Waals surface area contributed by atoms with Crippen LogP contribution in [0.4, 0.5) is 10.2 Å². The maximum absolute atomic E-state index is 14.6. The predicted octanol–water partition coefficient (Wildman–Crippen LogP) is 3.10. The fraction of sp³-hybridized carbons (Fsp3) is 0.688. The smallest absolute Gasteiger partial charge is 0.170 e. The number of halogens is 1. The van der Waals surface area contributed by atoms with Crippen LogP contribution < -0.4 is 10.2 Å². The van der Waals surface area contributed by atoms with Crippen LogP contribution in [0.15, 0.2) is 12.3 Å². The number of pyridine rings is 1. The van der Waals surface area contributed by atoms with Gasteiger partial charge in [-0.2, -0.15) is 0 Å². The minimum Gasteiger partial charge on any atom is -0.354 e. The average Bonchev–Trinajstić information content (AvgIpc) is 3.17. The zero-order chi connectivity index (χ0) is 13.9. The van der Waals surface area contributed by atoms with Gasteiger partial charge in [-0.05, 0) is 37.7 Å². The molecule has 0 aromatic carbocycles. The van der Waals surface area contributed by atoms with Crippen molar-refractivity contribution >= 4 is 5.82 Å². The molecule has 1 saturated carbocycles. The number of hydrogen-bond donors (Lipinski definition) is 1. The van der Waals surface area contributed by atoms with Crippen LogP contribution in [-0.4, -0.2) is 24.1 Å². The van der Waals surface area contributed by atoms with Gasteiger partial charge in [-0.15, -0.1) is 0 Å². The monoisotopic (exact) mass is 277 g/mol. The maximum Gasteiger partial charge on any atom is 0.170 e. The Hall–Kier alpha value is -1.16. The van der Waals surface area contributed by atoms with Crippen molar-refractivity contribution in [1.29, 1.82) is 0 Å². The van der Waals surface area contributed by atoms with Crippen molar-refractivity contribution in [1.82, 2.24) is 10.3 Å². The summed E-state index contributed by atoms with van der Waals surface area (Å²) in [7, 11) is 0. The van der Waals surface area contributed by atoms with Crippen LogP contribution in [0.1, 0.15) is 44.6 Å². The van der Waals surface area contributed by atoms with Gasteiger partial charge in [-0.3, -0.25) is 0 Å². The lowest BCUT2D eigenvalue weighted by Crippen LogP contribution is -2.23. The fourth-order valence-corrected chi connectivity index (χ4v) is 3.04. The van der Waals surface area contributed by atoms with Gasteiger partial charge in [0.2, 0.25) is 0 Å². The van der Waals surface area contributed by atoms with Crippen molar-refractivity contribution in [2.24, 2.45) is 5.92 Å². The summed E-state index contributed by atoms with van der Waals surface area (Å²) in [5.74, 6) is 1.13. The molecule has 1 N–H and O–H groups in total. The van der Waals surface area contributed by atoms with E-state index < -0.39 is 0 Å². The largest absolute Gasteiger partial charge is 0.354 e. The first-order valence-corrected chi connectivity index (χ1v) is 7.89. The quantitative estimate of drug-likeness (QED) is 0.866. The number of aromatic nitrogens is 1. The molecule has 1 aliphatic heterocycles. The predicted molar refractivity (Wildman–Crippen MR) is 79.3 cm³/mol. The van der Waals surface area contributed by atoms with Crippen molar-refractivity contribution < 1.29 is 4.39 Å². The van der Waals surface area contributed by atoms with Crippen LogP contribution in [0.25, 0.3) is 0 Å². The van der Waals surface area contributed by atoms with E-state index in [2.05, 4.69) is 22.1 Å². The molecule has 0 spiro atoms. The van der Waals surface area contributed by atoms with E-state index in [4.69, 9.17) is 0 Å². The van der Waals surface area contributed by atoms with Gasteiger partial charge >= 0.3 is 0 Å². The SMILES string of the molecule is CCCC1CCN(c2nccc(CNC3CC3)c2F)C1. The van der Waals surface area contributed by atoms with Gasteiger partial charge in [0.1, 0.15) is 0 Å². The van der Waals surface area contributed by atoms with Crippen molar-refractivity contribution in [3.05, 3.63) is 23.6 Å². The van der Waals surface area contributed by atoms with Gasteiger partial charge in [0.05, 0.1) is 0 Å². The van der Waals surface area contributed by atoms with Gasteiger partial charge in [-0.25, -0.2) is 9.37 Å². The highest BCUT2D eigenvalue weighted by atomic mass is 19.1. The lowest BCUT2D eigenvalue weighted by atomic mass is 10.0. The Kier molecular flexibility index (Phi) is 4.20. The van der Waals surface area contributed by atoms with Crippen molar-refractivity contribution in [3.63, 3.8) is 0 Å². The molecule has 110 valence electrons. The summed E-state index contributed by atoms with van der Waals surface area (Å²) in [4.78, 5) is 6.40. The maximum atomic E-state index is 14.6. The molecule has 2 fully saturated rings. The second-order valence-corrected chi connectivity index (χ2v) is 6.15. The van der Waals surface area contributed by atoms with Crippen molar-refractivity contribution in [2.45, 2.75) is 51.6 Å². The lowest BCUT2D eigenvalue weighted by Gasteiger charge is -2.19. The molecule has 1 saturated heterocycles. The van der Waals surface area contributed by atoms with Gasteiger partial charge in [0, 0.05) is 37.4 Å². The van der Waals surface area contributed by atoms with Crippen LogP contribution in [0.5, 0.6) is 0 Å². The van der Waals surface area contributed by atoms with Crippen LogP contribution in [0, 0.1) is 11.7 Å². The molecule has 0 bridgehead atoms. The van der Waals surface area contributed by atoms with Crippen molar-refractivity contribution in [3.8, 4) is 0 Å². The number of anilines is 1. The zero-order valence-electron chi connectivity index (χ0n) is 12.2. The Balaban J connectivity index is 1.67. The summed E-state index contributed by atoms with van der Waals surface area (Å²) in [6.07, 6.45) is 7.81. The third-order valence-electron chi connectivity index (χ3n) is 4.39. The summed E-state index contributed by atoms with van der Waals surface area (Å²) in [5, 5.41) is 3.37. The summed E-state index contributed by atoms with van der Waals surface area (Å²) >= 11 is 0. The molecule has 1 aromatic heterocycles. The highest BCUT2D eigenvalue weighted by Gasteiger charge is 2.26. The number of hydrogen-bond acceptors (Lipinski definition) is 3. The Morgan fingerprint density at radius 1 is 1.40 bits per heavy atom. The van der Waals surface area contributed by atoms with E-state index in [1.54, 1.807) is 12.3 Å². The van der Waals surface area contributed by atoms with Gasteiger partial charge < -0.3 is 10.2 Å². The van der Waals surface area contributed by atoms with Gasteiger partial charge in [0.15, 0.2) is 11.6 Å². The van der Waals surface area contributed by atoms with E-state index in [1.807, 2.05) is 0 Å². The second kappa shape index (κ2) is 6.08. The molecule has 20 heavy (non-hydrogen) atoms. The molecular weight excluding hydrogens is 253 g/mol. The third-order valence-corrected chi connectivity index (χ3v) is 4.39. The molecule has 1 atom stereocenters. The molecule has 2 aliphatic rings. The first kappa shape index (κ1) is 13.8. The molecule has 2 heterocycles. The number of nitrogens with zero attached hydrogens (tertiary/aromatic N) is 2. The van der Waals surface area contributed by atoms with E-state index in [-0.39, 0.29) is 5.82 Å². The van der Waals surface area contributed by atoms with E-state index >= 15 is 0 Å². The lowest BCUT2D eigenvalue weighted by molar-refractivity contribution is 0.527. The van der Waals surface area contributed by atoms with Gasteiger partial charge in [-0.1, -0.05) is 13.3 Å². The van der Waals surface area contributed by atoms with E-state index in [9.17, 15) is 4.39 Å². The Morgan fingerprint density at radius 2 is 2.25 bits per heavy atom. The van der Waals surface area contributed by atoms with E-state index in [0.29, 0.717) is 24.3 Å². The second-order valence-electron chi connectivity index (χ2n) is 6.15. The molecule has 1 aliphatic carbocycles. The minimum absolute atomic E-state index is 0.127. The molecule has 0 radical (unpaired) electrons. The van der Waals surface area contributed by atoms with Crippen molar-refractivity contribution in [2.75, 3.05) is 18.0 Å². The van der Waals surface area contributed by atoms with E-state index in [1.165, 1.54) is 32.1 Å². The van der Waals surface area contributed by atoms with Crippen LogP contribution >= 0.6 is 0 Å². The topological polar surface area (TPSA) is 28.2 Å².